The maximum atomic E-state index is 14.1. The van der Waals surface area contributed by atoms with E-state index in [1.54, 1.807) is 17.0 Å². The Kier molecular flexibility index (Phi) is 8.46. The van der Waals surface area contributed by atoms with Gasteiger partial charge in [-0.3, -0.25) is 9.80 Å². The third-order valence-electron chi connectivity index (χ3n) is 5.88. The van der Waals surface area contributed by atoms with Gasteiger partial charge in [0.1, 0.15) is 11.4 Å². The Labute approximate surface area is 190 Å². The number of ether oxygens (including phenoxy) is 2. The van der Waals surface area contributed by atoms with Crippen molar-refractivity contribution < 1.29 is 18.7 Å². The average molecular weight is 447 g/mol. The van der Waals surface area contributed by atoms with E-state index in [9.17, 15) is 9.18 Å². The molecule has 0 radical (unpaired) electrons. The van der Waals surface area contributed by atoms with E-state index in [1.807, 2.05) is 26.8 Å². The summed E-state index contributed by atoms with van der Waals surface area (Å²) in [7, 11) is 0. The Morgan fingerprint density at radius 3 is 2.53 bits per heavy atom. The summed E-state index contributed by atoms with van der Waals surface area (Å²) in [6.45, 7) is 12.8. The minimum absolute atomic E-state index is 0.0859. The van der Waals surface area contributed by atoms with Crippen molar-refractivity contribution in [3.63, 3.8) is 0 Å². The van der Waals surface area contributed by atoms with E-state index in [1.165, 1.54) is 6.07 Å². The second kappa shape index (κ2) is 11.1. The van der Waals surface area contributed by atoms with Gasteiger partial charge in [0.15, 0.2) is 0 Å². The summed E-state index contributed by atoms with van der Waals surface area (Å²) in [5.74, 6) is -0.387. The van der Waals surface area contributed by atoms with E-state index in [4.69, 9.17) is 14.7 Å². The van der Waals surface area contributed by atoms with Crippen LogP contribution in [0.3, 0.4) is 0 Å². The van der Waals surface area contributed by atoms with Crippen molar-refractivity contribution in [2.75, 3.05) is 52.4 Å². The minimum Gasteiger partial charge on any atom is -0.444 e. The molecule has 1 amide bonds. The van der Waals surface area contributed by atoms with E-state index < -0.39 is 5.60 Å². The van der Waals surface area contributed by atoms with Crippen LogP contribution < -0.4 is 0 Å². The molecule has 32 heavy (non-hydrogen) atoms. The van der Waals surface area contributed by atoms with Crippen molar-refractivity contribution in [3.05, 3.63) is 35.1 Å². The number of hydrogen-bond donors (Lipinski definition) is 0. The van der Waals surface area contributed by atoms with Gasteiger partial charge in [-0.1, -0.05) is 6.07 Å². The van der Waals surface area contributed by atoms with Gasteiger partial charge in [0.2, 0.25) is 0 Å². The highest BCUT2D eigenvalue weighted by molar-refractivity contribution is 5.68. The number of amides is 1. The zero-order valence-electron chi connectivity index (χ0n) is 19.5. The standard InChI is InChI=1S/C24H35FN4O3/c1-24(2,3)32-23(30)29-13-11-27(12-14-29)9-10-28-8-4-5-21(17-28)31-18-20-7-6-19(16-26)15-22(20)25/h6-7,15,21H,4-5,8-14,17-18H2,1-3H3. The predicted octanol–water partition coefficient (Wildman–Crippen LogP) is 3.23. The molecule has 8 heteroatoms. The van der Waals surface area contributed by atoms with Crippen LogP contribution in [0.5, 0.6) is 0 Å². The van der Waals surface area contributed by atoms with E-state index in [0.717, 1.165) is 52.1 Å². The molecule has 1 aromatic rings. The number of hydrogen-bond acceptors (Lipinski definition) is 6. The summed E-state index contributed by atoms with van der Waals surface area (Å²) in [5, 5.41) is 8.86. The molecule has 2 fully saturated rings. The third kappa shape index (κ3) is 7.44. The number of likely N-dealkylation sites (tertiary alicyclic amines) is 1. The summed E-state index contributed by atoms with van der Waals surface area (Å²) >= 11 is 0. The number of halogens is 1. The monoisotopic (exact) mass is 446 g/mol. The number of piperidine rings is 1. The minimum atomic E-state index is -0.465. The van der Waals surface area contributed by atoms with Crippen molar-refractivity contribution in [2.24, 2.45) is 0 Å². The first-order valence-electron chi connectivity index (χ1n) is 11.5. The molecule has 0 spiro atoms. The molecule has 0 saturated carbocycles. The number of nitrogens with zero attached hydrogens (tertiary/aromatic N) is 4. The van der Waals surface area contributed by atoms with E-state index in [2.05, 4.69) is 9.80 Å². The summed E-state index contributed by atoms with van der Waals surface area (Å²) in [6.07, 6.45) is 1.89. The number of piperazine rings is 1. The molecule has 2 aliphatic rings. The lowest BCUT2D eigenvalue weighted by molar-refractivity contribution is -0.0146. The van der Waals surface area contributed by atoms with Gasteiger partial charge in [-0.2, -0.15) is 5.26 Å². The number of carbonyl (C=O) groups is 1. The highest BCUT2D eigenvalue weighted by Crippen LogP contribution is 2.18. The molecule has 0 aliphatic carbocycles. The van der Waals surface area contributed by atoms with Crippen LogP contribution in [-0.4, -0.2) is 84.9 Å². The fourth-order valence-electron chi connectivity index (χ4n) is 4.06. The van der Waals surface area contributed by atoms with Crippen LogP contribution in [0, 0.1) is 17.1 Å². The lowest BCUT2D eigenvalue weighted by atomic mass is 10.1. The molecule has 3 rings (SSSR count). The first-order valence-corrected chi connectivity index (χ1v) is 11.5. The molecule has 176 valence electrons. The van der Waals surface area contributed by atoms with Crippen LogP contribution in [0.4, 0.5) is 9.18 Å². The maximum absolute atomic E-state index is 14.1. The van der Waals surface area contributed by atoms with E-state index in [0.29, 0.717) is 24.2 Å². The Hall–Kier alpha value is -2.21. The van der Waals surface area contributed by atoms with Crippen LogP contribution in [-0.2, 0) is 16.1 Å². The van der Waals surface area contributed by atoms with Gasteiger partial charge in [0.25, 0.3) is 0 Å². The molecule has 0 N–H and O–H groups in total. The lowest BCUT2D eigenvalue weighted by Gasteiger charge is -2.38. The molecule has 2 heterocycles. The van der Waals surface area contributed by atoms with E-state index >= 15 is 0 Å². The number of rotatable bonds is 6. The highest BCUT2D eigenvalue weighted by atomic mass is 19.1. The van der Waals surface area contributed by atoms with Crippen LogP contribution in [0.15, 0.2) is 18.2 Å². The molecular formula is C24H35FN4O3. The van der Waals surface area contributed by atoms with Crippen molar-refractivity contribution in [3.8, 4) is 6.07 Å². The first kappa shape index (κ1) is 24.4. The Morgan fingerprint density at radius 1 is 1.16 bits per heavy atom. The number of nitriles is 1. The normalized spacial score (nSPS) is 20.7. The predicted molar refractivity (Wildman–Crippen MR) is 120 cm³/mol. The van der Waals surface area contributed by atoms with Crippen molar-refractivity contribution in [1.29, 1.82) is 5.26 Å². The molecule has 2 saturated heterocycles. The molecule has 1 unspecified atom stereocenters. The molecular weight excluding hydrogens is 411 g/mol. The molecule has 1 atom stereocenters. The number of benzene rings is 1. The SMILES string of the molecule is CC(C)(C)OC(=O)N1CCN(CCN2CCCC(OCc3ccc(C#N)cc3F)C2)CC1. The number of carbonyl (C=O) groups excluding carboxylic acids is 1. The van der Waals surface area contributed by atoms with E-state index in [-0.39, 0.29) is 24.6 Å². The van der Waals surface area contributed by atoms with Gasteiger partial charge < -0.3 is 14.4 Å². The van der Waals surface area contributed by atoms with Gasteiger partial charge in [0.05, 0.1) is 24.3 Å². The van der Waals surface area contributed by atoms with Crippen molar-refractivity contribution >= 4 is 6.09 Å². The molecule has 1 aromatic carbocycles. The summed E-state index contributed by atoms with van der Waals surface area (Å²) < 4.78 is 25.5. The summed E-state index contributed by atoms with van der Waals surface area (Å²) in [5.41, 5.74) is 0.346. The first-order chi connectivity index (χ1) is 15.2. The van der Waals surface area contributed by atoms with Crippen molar-refractivity contribution in [1.82, 2.24) is 14.7 Å². The molecule has 0 bridgehead atoms. The van der Waals surface area contributed by atoms with Gasteiger partial charge in [-0.05, 0) is 52.3 Å². The Morgan fingerprint density at radius 2 is 1.88 bits per heavy atom. The van der Waals surface area contributed by atoms with Crippen LogP contribution in [0.25, 0.3) is 0 Å². The second-order valence-corrected chi connectivity index (χ2v) is 9.60. The Bertz CT molecular complexity index is 812. The molecule has 7 nitrogen and oxygen atoms in total. The lowest BCUT2D eigenvalue weighted by Crippen LogP contribution is -2.52. The zero-order chi connectivity index (χ0) is 23.1. The quantitative estimate of drug-likeness (QED) is 0.668. The smallest absolute Gasteiger partial charge is 0.410 e. The molecule has 0 aromatic heterocycles. The fourth-order valence-corrected chi connectivity index (χ4v) is 4.06. The topological polar surface area (TPSA) is 69.0 Å². The summed E-state index contributed by atoms with van der Waals surface area (Å²) in [6, 6.07) is 6.46. The van der Waals surface area contributed by atoms with Crippen molar-refractivity contribution in [2.45, 2.75) is 51.9 Å². The Balaban J connectivity index is 1.37. The maximum Gasteiger partial charge on any atom is 0.410 e. The van der Waals surface area contributed by atoms with Crippen LogP contribution in [0.1, 0.15) is 44.7 Å². The highest BCUT2D eigenvalue weighted by Gasteiger charge is 2.26. The average Bonchev–Trinajstić information content (AvgIpc) is 2.76. The molecule has 2 aliphatic heterocycles. The fraction of sp³-hybridized carbons (Fsp3) is 0.667. The van der Waals surface area contributed by atoms with Gasteiger partial charge in [0, 0.05) is 51.4 Å². The second-order valence-electron chi connectivity index (χ2n) is 9.60. The largest absolute Gasteiger partial charge is 0.444 e. The van der Waals surface area contributed by atoms with Crippen LogP contribution in [0.2, 0.25) is 0 Å². The van der Waals surface area contributed by atoms with Gasteiger partial charge in [-0.25, -0.2) is 9.18 Å². The third-order valence-corrected chi connectivity index (χ3v) is 5.88. The van der Waals surface area contributed by atoms with Crippen LogP contribution >= 0.6 is 0 Å². The van der Waals surface area contributed by atoms with Gasteiger partial charge >= 0.3 is 6.09 Å². The summed E-state index contributed by atoms with van der Waals surface area (Å²) in [4.78, 5) is 18.8. The zero-order valence-corrected chi connectivity index (χ0v) is 19.5. The van der Waals surface area contributed by atoms with Gasteiger partial charge in [-0.15, -0.1) is 0 Å².